The first kappa shape index (κ1) is 16.7. The summed E-state index contributed by atoms with van der Waals surface area (Å²) < 4.78 is 22.9. The molecule has 1 aliphatic heterocycles. The Hall–Kier alpha value is -2.17. The summed E-state index contributed by atoms with van der Waals surface area (Å²) in [5, 5.41) is 0. The molecule has 24 heavy (non-hydrogen) atoms. The summed E-state index contributed by atoms with van der Waals surface area (Å²) in [5.74, 6) is 2.02. The first-order valence-corrected chi connectivity index (χ1v) is 8.15. The summed E-state index contributed by atoms with van der Waals surface area (Å²) in [5.41, 5.74) is 2.89. The van der Waals surface area contributed by atoms with Gasteiger partial charge in [-0.15, -0.1) is 0 Å². The lowest BCUT2D eigenvalue weighted by molar-refractivity contribution is -0.148. The Bertz CT molecular complexity index is 734. The van der Waals surface area contributed by atoms with Crippen LogP contribution in [0.25, 0.3) is 0 Å². The molecule has 1 spiro atoms. The molecule has 0 unspecified atom stereocenters. The number of methoxy groups -OCH3 is 3. The number of hydrogen-bond donors (Lipinski definition) is 0. The second kappa shape index (κ2) is 5.72. The van der Waals surface area contributed by atoms with Gasteiger partial charge in [-0.2, -0.15) is 0 Å². The molecule has 5 heteroatoms. The third kappa shape index (κ3) is 2.03. The van der Waals surface area contributed by atoms with Crippen molar-refractivity contribution in [2.45, 2.75) is 45.1 Å². The molecule has 1 aromatic rings. The fraction of sp³-hybridized carbons (Fsp3) is 0.526. The molecule has 1 aliphatic carbocycles. The van der Waals surface area contributed by atoms with Crippen LogP contribution in [0.15, 0.2) is 11.6 Å². The molecule has 0 bridgehead atoms. The average molecular weight is 332 g/mol. The van der Waals surface area contributed by atoms with Gasteiger partial charge in [0.25, 0.3) is 0 Å². The Morgan fingerprint density at radius 1 is 1.08 bits per heavy atom. The predicted octanol–water partition coefficient (Wildman–Crippen LogP) is 3.62. The van der Waals surface area contributed by atoms with Crippen LogP contribution in [-0.2, 0) is 15.1 Å². The van der Waals surface area contributed by atoms with Crippen molar-refractivity contribution in [1.82, 2.24) is 0 Å². The van der Waals surface area contributed by atoms with Gasteiger partial charge >= 0.3 is 5.97 Å². The summed E-state index contributed by atoms with van der Waals surface area (Å²) in [7, 11) is 4.90. The first-order chi connectivity index (χ1) is 11.4. The third-order valence-corrected chi connectivity index (χ3v) is 5.31. The Morgan fingerprint density at radius 3 is 2.21 bits per heavy atom. The Kier molecular flexibility index (Phi) is 3.98. The Morgan fingerprint density at radius 2 is 1.71 bits per heavy atom. The molecule has 130 valence electrons. The number of fused-ring (bicyclic) bond motifs is 2. The van der Waals surface area contributed by atoms with E-state index < -0.39 is 5.60 Å². The van der Waals surface area contributed by atoms with Gasteiger partial charge < -0.3 is 18.9 Å². The maximum absolute atomic E-state index is 12.0. The molecule has 2 atom stereocenters. The molecule has 2 aliphatic rings. The lowest BCUT2D eigenvalue weighted by atomic mass is 9.70. The normalized spacial score (nSPS) is 25.2. The standard InChI is InChI=1S/C19H24O5/c1-10-7-8-19(11(2)9-13(20)24-19)15-14(10)18(23-6)17(22-5)12(3)16(15)21-4/h9-10H,7-8H2,1-6H3/t10-,19+/m0/s1. The SMILES string of the molecule is COc1c(C)c(OC)c2c(c1OC)[C@@H](C)CC[C@]21OC(=O)C=C1C. The maximum atomic E-state index is 12.0. The third-order valence-electron chi connectivity index (χ3n) is 5.31. The van der Waals surface area contributed by atoms with E-state index in [-0.39, 0.29) is 11.9 Å². The van der Waals surface area contributed by atoms with E-state index in [9.17, 15) is 4.79 Å². The molecule has 0 saturated carbocycles. The molecule has 3 rings (SSSR count). The van der Waals surface area contributed by atoms with Crippen LogP contribution < -0.4 is 14.2 Å². The van der Waals surface area contributed by atoms with Gasteiger partial charge in [0.15, 0.2) is 17.1 Å². The zero-order valence-corrected chi connectivity index (χ0v) is 15.1. The maximum Gasteiger partial charge on any atom is 0.332 e. The molecule has 0 amide bonds. The van der Waals surface area contributed by atoms with E-state index in [1.165, 1.54) is 0 Å². The van der Waals surface area contributed by atoms with Crippen LogP contribution in [0.5, 0.6) is 17.2 Å². The van der Waals surface area contributed by atoms with Crippen LogP contribution in [0.1, 0.15) is 49.3 Å². The highest BCUT2D eigenvalue weighted by atomic mass is 16.6. The number of carbonyl (C=O) groups excluding carboxylic acids is 1. The monoisotopic (exact) mass is 332 g/mol. The second-order valence-corrected chi connectivity index (χ2v) is 6.53. The van der Waals surface area contributed by atoms with Gasteiger partial charge in [-0.1, -0.05) is 6.92 Å². The lowest BCUT2D eigenvalue weighted by Crippen LogP contribution is -2.35. The van der Waals surface area contributed by atoms with Crippen LogP contribution in [0.4, 0.5) is 0 Å². The van der Waals surface area contributed by atoms with Gasteiger partial charge in [0.1, 0.15) is 5.75 Å². The molecule has 1 aromatic carbocycles. The van der Waals surface area contributed by atoms with E-state index >= 15 is 0 Å². The number of ether oxygens (including phenoxy) is 4. The van der Waals surface area contributed by atoms with Crippen LogP contribution in [0, 0.1) is 6.92 Å². The summed E-state index contributed by atoms with van der Waals surface area (Å²) in [6.07, 6.45) is 3.20. The van der Waals surface area contributed by atoms with Crippen molar-refractivity contribution in [1.29, 1.82) is 0 Å². The van der Waals surface area contributed by atoms with Gasteiger partial charge in [0.2, 0.25) is 0 Å². The summed E-state index contributed by atoms with van der Waals surface area (Å²) >= 11 is 0. The topological polar surface area (TPSA) is 54.0 Å². The van der Waals surface area contributed by atoms with E-state index in [4.69, 9.17) is 18.9 Å². The number of benzene rings is 1. The fourth-order valence-corrected chi connectivity index (χ4v) is 4.15. The second-order valence-electron chi connectivity index (χ2n) is 6.53. The van der Waals surface area contributed by atoms with Crippen molar-refractivity contribution in [2.75, 3.05) is 21.3 Å². The van der Waals surface area contributed by atoms with Crippen LogP contribution in [0.3, 0.4) is 0 Å². The number of esters is 1. The van der Waals surface area contributed by atoms with Crippen LogP contribution >= 0.6 is 0 Å². The van der Waals surface area contributed by atoms with Crippen molar-refractivity contribution in [3.05, 3.63) is 28.3 Å². The highest BCUT2D eigenvalue weighted by Gasteiger charge is 2.51. The van der Waals surface area contributed by atoms with Crippen LogP contribution in [-0.4, -0.2) is 27.3 Å². The molecule has 0 fully saturated rings. The van der Waals surface area contributed by atoms with Crippen molar-refractivity contribution < 1.29 is 23.7 Å². The number of rotatable bonds is 3. The Labute approximate surface area is 142 Å². The van der Waals surface area contributed by atoms with E-state index in [1.54, 1.807) is 27.4 Å². The minimum Gasteiger partial charge on any atom is -0.496 e. The number of hydrogen-bond acceptors (Lipinski definition) is 5. The van der Waals surface area contributed by atoms with E-state index in [1.807, 2.05) is 13.8 Å². The first-order valence-electron chi connectivity index (χ1n) is 8.15. The molecule has 5 nitrogen and oxygen atoms in total. The summed E-state index contributed by atoms with van der Waals surface area (Å²) in [6, 6.07) is 0. The molecular formula is C19H24O5. The smallest absolute Gasteiger partial charge is 0.332 e. The molecule has 0 aromatic heterocycles. The van der Waals surface area contributed by atoms with Crippen molar-refractivity contribution in [2.24, 2.45) is 0 Å². The van der Waals surface area contributed by atoms with Gasteiger partial charge in [-0.05, 0) is 38.2 Å². The quantitative estimate of drug-likeness (QED) is 0.791. The molecule has 0 N–H and O–H groups in total. The fourth-order valence-electron chi connectivity index (χ4n) is 4.15. The summed E-state index contributed by atoms with van der Waals surface area (Å²) in [4.78, 5) is 12.0. The van der Waals surface area contributed by atoms with Crippen molar-refractivity contribution in [3.8, 4) is 17.2 Å². The van der Waals surface area contributed by atoms with Crippen molar-refractivity contribution >= 4 is 5.97 Å². The van der Waals surface area contributed by atoms with Gasteiger partial charge in [-0.3, -0.25) is 0 Å². The molecule has 1 heterocycles. The summed E-state index contributed by atoms with van der Waals surface area (Å²) in [6.45, 7) is 6.03. The minimum atomic E-state index is -0.769. The van der Waals surface area contributed by atoms with Crippen LogP contribution in [0.2, 0.25) is 0 Å². The highest BCUT2D eigenvalue weighted by Crippen LogP contribution is 2.59. The number of carbonyl (C=O) groups is 1. The van der Waals surface area contributed by atoms with Gasteiger partial charge in [0.05, 0.1) is 21.3 Å². The predicted molar refractivity (Wildman–Crippen MR) is 90.0 cm³/mol. The minimum absolute atomic E-state index is 0.246. The van der Waals surface area contributed by atoms with E-state index in [2.05, 4.69) is 6.92 Å². The van der Waals surface area contributed by atoms with Crippen molar-refractivity contribution in [3.63, 3.8) is 0 Å². The van der Waals surface area contributed by atoms with E-state index in [0.717, 1.165) is 35.1 Å². The zero-order chi connectivity index (χ0) is 17.6. The molecule has 0 saturated heterocycles. The molecular weight excluding hydrogens is 308 g/mol. The average Bonchev–Trinajstić information content (AvgIpc) is 2.84. The highest BCUT2D eigenvalue weighted by molar-refractivity contribution is 5.88. The zero-order valence-electron chi connectivity index (χ0n) is 15.1. The Balaban J connectivity index is 2.43. The van der Waals surface area contributed by atoms with E-state index in [0.29, 0.717) is 17.2 Å². The largest absolute Gasteiger partial charge is 0.496 e. The molecule has 0 radical (unpaired) electrons. The van der Waals surface area contributed by atoms with Gasteiger partial charge in [-0.25, -0.2) is 4.79 Å². The van der Waals surface area contributed by atoms with Gasteiger partial charge in [0, 0.05) is 22.8 Å². The lowest BCUT2D eigenvalue weighted by Gasteiger charge is -2.40.